The monoisotopic (exact) mass is 294 g/mol. The van der Waals surface area contributed by atoms with E-state index in [9.17, 15) is 5.26 Å². The highest BCUT2D eigenvalue weighted by Gasteiger charge is 2.21. The van der Waals surface area contributed by atoms with Crippen molar-refractivity contribution in [2.75, 3.05) is 38.3 Å². The van der Waals surface area contributed by atoms with Gasteiger partial charge in [-0.15, -0.1) is 0 Å². The molecule has 1 aromatic carbocycles. The summed E-state index contributed by atoms with van der Waals surface area (Å²) in [6.45, 7) is 3.04. The molecule has 20 heavy (non-hydrogen) atoms. The number of piperidine rings is 1. The third kappa shape index (κ3) is 3.86. The maximum Gasteiger partial charge on any atom is 0.101 e. The molecule has 1 fully saturated rings. The average molecular weight is 295 g/mol. The molecule has 1 heterocycles. The van der Waals surface area contributed by atoms with Crippen molar-refractivity contribution in [3.8, 4) is 6.07 Å². The van der Waals surface area contributed by atoms with Crippen LogP contribution >= 0.6 is 11.6 Å². The second-order valence-corrected chi connectivity index (χ2v) is 5.26. The van der Waals surface area contributed by atoms with Gasteiger partial charge in [-0.3, -0.25) is 0 Å². The van der Waals surface area contributed by atoms with Crippen molar-refractivity contribution in [2.45, 2.75) is 18.9 Å². The highest BCUT2D eigenvalue weighted by atomic mass is 35.5. The van der Waals surface area contributed by atoms with Gasteiger partial charge in [0, 0.05) is 25.2 Å². The molecule has 0 aromatic heterocycles. The van der Waals surface area contributed by atoms with Crippen molar-refractivity contribution in [2.24, 2.45) is 0 Å². The fraction of sp³-hybridized carbons (Fsp3) is 0.533. The van der Waals surface area contributed by atoms with Crippen molar-refractivity contribution in [1.82, 2.24) is 0 Å². The predicted octanol–water partition coefficient (Wildman–Crippen LogP) is 2.84. The summed E-state index contributed by atoms with van der Waals surface area (Å²) in [6.07, 6.45) is 2.20. The molecular formula is C15H19ClN2O2. The zero-order valence-electron chi connectivity index (χ0n) is 11.6. The van der Waals surface area contributed by atoms with Crippen LogP contribution in [0.5, 0.6) is 0 Å². The van der Waals surface area contributed by atoms with Crippen LogP contribution in [0.3, 0.4) is 0 Å². The Morgan fingerprint density at radius 3 is 2.75 bits per heavy atom. The van der Waals surface area contributed by atoms with Gasteiger partial charge in [-0.2, -0.15) is 5.26 Å². The molecule has 0 amide bonds. The van der Waals surface area contributed by atoms with E-state index in [1.54, 1.807) is 19.2 Å². The van der Waals surface area contributed by atoms with E-state index in [1.165, 1.54) is 0 Å². The first-order valence-corrected chi connectivity index (χ1v) is 7.17. The molecule has 0 saturated carbocycles. The van der Waals surface area contributed by atoms with E-state index in [4.69, 9.17) is 21.1 Å². The number of ether oxygens (including phenoxy) is 2. The molecule has 1 aliphatic heterocycles. The number of benzene rings is 1. The fourth-order valence-corrected chi connectivity index (χ4v) is 2.59. The lowest BCUT2D eigenvalue weighted by Crippen LogP contribution is -2.37. The number of rotatable bonds is 5. The number of nitriles is 1. The van der Waals surface area contributed by atoms with Crippen LogP contribution in [0.2, 0.25) is 5.02 Å². The van der Waals surface area contributed by atoms with Crippen LogP contribution in [0.25, 0.3) is 0 Å². The Bertz CT molecular complexity index is 479. The standard InChI is InChI=1S/C15H19ClN2O2/c1-19-8-9-20-14-4-6-18(7-5-14)15-10-13(16)3-2-12(15)11-17/h2-3,10,14H,4-9H2,1H3. The molecule has 4 nitrogen and oxygen atoms in total. The van der Waals surface area contributed by atoms with Crippen molar-refractivity contribution in [1.29, 1.82) is 5.26 Å². The normalized spacial score (nSPS) is 16.1. The van der Waals surface area contributed by atoms with Crippen LogP contribution in [-0.2, 0) is 9.47 Å². The SMILES string of the molecule is COCCOC1CCN(c2cc(Cl)ccc2C#N)CC1. The molecule has 0 bridgehead atoms. The summed E-state index contributed by atoms with van der Waals surface area (Å²) in [5, 5.41) is 9.84. The zero-order chi connectivity index (χ0) is 14.4. The molecule has 0 aliphatic carbocycles. The molecule has 0 spiro atoms. The van der Waals surface area contributed by atoms with Gasteiger partial charge in [-0.1, -0.05) is 11.6 Å². The van der Waals surface area contributed by atoms with Gasteiger partial charge in [0.05, 0.1) is 30.6 Å². The van der Waals surface area contributed by atoms with Gasteiger partial charge in [0.2, 0.25) is 0 Å². The second-order valence-electron chi connectivity index (χ2n) is 4.82. The van der Waals surface area contributed by atoms with Gasteiger partial charge < -0.3 is 14.4 Å². The number of hydrogen-bond donors (Lipinski definition) is 0. The Kier molecular flexibility index (Phi) is 5.66. The fourth-order valence-electron chi connectivity index (χ4n) is 2.42. The molecule has 0 atom stereocenters. The molecule has 1 saturated heterocycles. The number of anilines is 1. The summed E-state index contributed by atoms with van der Waals surface area (Å²) in [7, 11) is 1.68. The van der Waals surface area contributed by atoms with Crippen molar-refractivity contribution < 1.29 is 9.47 Å². The molecule has 1 aromatic rings. The zero-order valence-corrected chi connectivity index (χ0v) is 12.4. The Morgan fingerprint density at radius 2 is 2.10 bits per heavy atom. The summed E-state index contributed by atoms with van der Waals surface area (Å²) >= 11 is 6.03. The highest BCUT2D eigenvalue weighted by Crippen LogP contribution is 2.27. The van der Waals surface area contributed by atoms with E-state index in [-0.39, 0.29) is 6.10 Å². The largest absolute Gasteiger partial charge is 0.382 e. The van der Waals surface area contributed by atoms with E-state index in [0.29, 0.717) is 23.8 Å². The summed E-state index contributed by atoms with van der Waals surface area (Å²) in [6, 6.07) is 7.62. The van der Waals surface area contributed by atoms with Crippen molar-refractivity contribution >= 4 is 17.3 Å². The molecular weight excluding hydrogens is 276 g/mol. The Balaban J connectivity index is 1.94. The van der Waals surface area contributed by atoms with Crippen LogP contribution < -0.4 is 4.90 Å². The minimum absolute atomic E-state index is 0.283. The van der Waals surface area contributed by atoms with Gasteiger partial charge in [0.25, 0.3) is 0 Å². The van der Waals surface area contributed by atoms with E-state index in [1.807, 2.05) is 6.07 Å². The molecule has 0 N–H and O–H groups in total. The Hall–Kier alpha value is -1.28. The second kappa shape index (κ2) is 7.49. The lowest BCUT2D eigenvalue weighted by atomic mass is 10.1. The average Bonchev–Trinajstić information content (AvgIpc) is 2.48. The van der Waals surface area contributed by atoms with Crippen LogP contribution in [0, 0.1) is 11.3 Å². The van der Waals surface area contributed by atoms with E-state index >= 15 is 0 Å². The number of halogens is 1. The molecule has 108 valence electrons. The summed E-state index contributed by atoms with van der Waals surface area (Å²) in [5.74, 6) is 0. The van der Waals surface area contributed by atoms with E-state index < -0.39 is 0 Å². The number of nitrogens with zero attached hydrogens (tertiary/aromatic N) is 2. The summed E-state index contributed by atoms with van der Waals surface area (Å²) < 4.78 is 10.7. The third-order valence-corrected chi connectivity index (χ3v) is 3.74. The molecule has 2 rings (SSSR count). The Morgan fingerprint density at radius 1 is 1.35 bits per heavy atom. The first-order valence-electron chi connectivity index (χ1n) is 6.79. The molecule has 0 unspecified atom stereocenters. The predicted molar refractivity (Wildman–Crippen MR) is 79.2 cm³/mol. The minimum atomic E-state index is 0.283. The smallest absolute Gasteiger partial charge is 0.101 e. The lowest BCUT2D eigenvalue weighted by molar-refractivity contribution is 0.00610. The van der Waals surface area contributed by atoms with Crippen LogP contribution in [0.4, 0.5) is 5.69 Å². The Labute approximate surface area is 124 Å². The van der Waals surface area contributed by atoms with Gasteiger partial charge in [0.15, 0.2) is 0 Å². The molecule has 1 aliphatic rings. The van der Waals surface area contributed by atoms with Crippen LogP contribution in [0.1, 0.15) is 18.4 Å². The van der Waals surface area contributed by atoms with Gasteiger partial charge >= 0.3 is 0 Å². The summed E-state index contributed by atoms with van der Waals surface area (Å²) in [5.41, 5.74) is 1.60. The third-order valence-electron chi connectivity index (χ3n) is 3.50. The van der Waals surface area contributed by atoms with Crippen LogP contribution in [-0.4, -0.2) is 39.5 Å². The van der Waals surface area contributed by atoms with Crippen molar-refractivity contribution in [3.63, 3.8) is 0 Å². The summed E-state index contributed by atoms with van der Waals surface area (Å²) in [4.78, 5) is 2.21. The topological polar surface area (TPSA) is 45.5 Å². The minimum Gasteiger partial charge on any atom is -0.382 e. The number of hydrogen-bond acceptors (Lipinski definition) is 4. The quantitative estimate of drug-likeness (QED) is 0.784. The molecule has 5 heteroatoms. The van der Waals surface area contributed by atoms with Crippen molar-refractivity contribution in [3.05, 3.63) is 28.8 Å². The first-order chi connectivity index (χ1) is 9.74. The van der Waals surface area contributed by atoms with E-state index in [0.717, 1.165) is 31.6 Å². The first kappa shape index (κ1) is 15.1. The van der Waals surface area contributed by atoms with Gasteiger partial charge in [0.1, 0.15) is 6.07 Å². The maximum absolute atomic E-state index is 9.18. The molecule has 0 radical (unpaired) electrons. The van der Waals surface area contributed by atoms with E-state index in [2.05, 4.69) is 11.0 Å². The van der Waals surface area contributed by atoms with Crippen LogP contribution in [0.15, 0.2) is 18.2 Å². The lowest BCUT2D eigenvalue weighted by Gasteiger charge is -2.34. The highest BCUT2D eigenvalue weighted by molar-refractivity contribution is 6.30. The number of methoxy groups -OCH3 is 1. The maximum atomic E-state index is 9.18. The van der Waals surface area contributed by atoms with Gasteiger partial charge in [-0.25, -0.2) is 0 Å². The van der Waals surface area contributed by atoms with Gasteiger partial charge in [-0.05, 0) is 31.0 Å².